The average Bonchev–Trinajstić information content (AvgIpc) is 2.24. The summed E-state index contributed by atoms with van der Waals surface area (Å²) in [5.41, 5.74) is 0. The standard InChI is InChI=1S/C11H21ClN2O2/c1-4-8-14(9-11(16)13(2)3)10(15)6-5-7-12/h4-9H2,1-3H3. The minimum atomic E-state index is -0.0485. The molecule has 0 aromatic rings. The Hall–Kier alpha value is -0.770. The normalized spacial score (nSPS) is 10.0. The quantitative estimate of drug-likeness (QED) is 0.638. The zero-order valence-corrected chi connectivity index (χ0v) is 11.1. The highest BCUT2D eigenvalue weighted by molar-refractivity contribution is 6.17. The van der Waals surface area contributed by atoms with E-state index in [4.69, 9.17) is 11.6 Å². The van der Waals surface area contributed by atoms with Gasteiger partial charge in [0.05, 0.1) is 6.54 Å². The smallest absolute Gasteiger partial charge is 0.241 e. The van der Waals surface area contributed by atoms with Crippen molar-refractivity contribution in [2.24, 2.45) is 0 Å². The number of carbonyl (C=O) groups is 2. The van der Waals surface area contributed by atoms with Gasteiger partial charge in [0.1, 0.15) is 0 Å². The molecule has 0 bridgehead atoms. The molecule has 0 unspecified atom stereocenters. The summed E-state index contributed by atoms with van der Waals surface area (Å²) in [4.78, 5) is 26.4. The predicted molar refractivity (Wildman–Crippen MR) is 65.5 cm³/mol. The number of carbonyl (C=O) groups excluding carboxylic acids is 2. The van der Waals surface area contributed by atoms with Crippen molar-refractivity contribution in [3.8, 4) is 0 Å². The molecule has 0 saturated heterocycles. The predicted octanol–water partition coefficient (Wildman–Crippen LogP) is 1.33. The molecule has 0 aliphatic heterocycles. The van der Waals surface area contributed by atoms with E-state index in [0.717, 1.165) is 6.42 Å². The second kappa shape index (κ2) is 8.39. The summed E-state index contributed by atoms with van der Waals surface area (Å²) in [5, 5.41) is 0. The molecule has 16 heavy (non-hydrogen) atoms. The summed E-state index contributed by atoms with van der Waals surface area (Å²) in [6, 6.07) is 0. The molecule has 0 aromatic carbocycles. The van der Waals surface area contributed by atoms with Gasteiger partial charge in [-0.15, -0.1) is 11.6 Å². The molecule has 2 amide bonds. The molecule has 0 fully saturated rings. The van der Waals surface area contributed by atoms with Crippen LogP contribution in [0.2, 0.25) is 0 Å². The Labute approximate surface area is 103 Å². The highest BCUT2D eigenvalue weighted by Crippen LogP contribution is 2.01. The molecule has 0 aliphatic carbocycles. The summed E-state index contributed by atoms with van der Waals surface area (Å²) in [6.07, 6.45) is 1.94. The zero-order valence-electron chi connectivity index (χ0n) is 10.3. The van der Waals surface area contributed by atoms with Crippen LogP contribution in [0.5, 0.6) is 0 Å². The maximum atomic E-state index is 11.7. The maximum absolute atomic E-state index is 11.7. The largest absolute Gasteiger partial charge is 0.347 e. The number of hydrogen-bond acceptors (Lipinski definition) is 2. The van der Waals surface area contributed by atoms with Crippen LogP contribution in [0.15, 0.2) is 0 Å². The van der Waals surface area contributed by atoms with Gasteiger partial charge in [-0.2, -0.15) is 0 Å². The SMILES string of the molecule is CCCN(CC(=O)N(C)C)C(=O)CCCCl. The van der Waals surface area contributed by atoms with E-state index in [1.54, 1.807) is 19.0 Å². The van der Waals surface area contributed by atoms with Gasteiger partial charge in [0, 0.05) is 32.9 Å². The van der Waals surface area contributed by atoms with E-state index >= 15 is 0 Å². The first kappa shape index (κ1) is 15.2. The summed E-state index contributed by atoms with van der Waals surface area (Å²) >= 11 is 5.54. The van der Waals surface area contributed by atoms with Crippen LogP contribution in [0.4, 0.5) is 0 Å². The Morgan fingerprint density at radius 1 is 1.19 bits per heavy atom. The molecule has 0 spiro atoms. The molecule has 0 heterocycles. The minimum Gasteiger partial charge on any atom is -0.347 e. The minimum absolute atomic E-state index is 0.0118. The molecular formula is C11H21ClN2O2. The molecule has 0 N–H and O–H groups in total. The third-order valence-electron chi connectivity index (χ3n) is 2.20. The fourth-order valence-electron chi connectivity index (χ4n) is 1.24. The third-order valence-corrected chi connectivity index (χ3v) is 2.46. The van der Waals surface area contributed by atoms with E-state index in [9.17, 15) is 9.59 Å². The first-order chi connectivity index (χ1) is 7.52. The first-order valence-electron chi connectivity index (χ1n) is 5.56. The van der Waals surface area contributed by atoms with E-state index in [0.29, 0.717) is 25.3 Å². The van der Waals surface area contributed by atoms with Crippen molar-refractivity contribution >= 4 is 23.4 Å². The number of rotatable bonds is 7. The van der Waals surface area contributed by atoms with E-state index in [1.807, 2.05) is 6.92 Å². The number of likely N-dealkylation sites (N-methyl/N-ethyl adjacent to an activating group) is 1. The molecule has 0 radical (unpaired) electrons. The van der Waals surface area contributed by atoms with Gasteiger partial charge in [0.15, 0.2) is 0 Å². The van der Waals surface area contributed by atoms with Crippen LogP contribution >= 0.6 is 11.6 Å². The Bertz CT molecular complexity index is 232. The Kier molecular flexibility index (Phi) is 7.99. The lowest BCUT2D eigenvalue weighted by atomic mass is 10.2. The topological polar surface area (TPSA) is 40.6 Å². The molecule has 94 valence electrons. The van der Waals surface area contributed by atoms with Crippen LogP contribution in [0.3, 0.4) is 0 Å². The van der Waals surface area contributed by atoms with Gasteiger partial charge in [0.2, 0.25) is 11.8 Å². The van der Waals surface area contributed by atoms with Crippen molar-refractivity contribution in [3.63, 3.8) is 0 Å². The van der Waals surface area contributed by atoms with Gasteiger partial charge in [-0.3, -0.25) is 9.59 Å². The van der Waals surface area contributed by atoms with Crippen molar-refractivity contribution in [2.45, 2.75) is 26.2 Å². The van der Waals surface area contributed by atoms with Crippen LogP contribution in [-0.2, 0) is 9.59 Å². The van der Waals surface area contributed by atoms with Crippen LogP contribution in [0.1, 0.15) is 26.2 Å². The molecule has 5 heteroatoms. The summed E-state index contributed by atoms with van der Waals surface area (Å²) in [5.74, 6) is 0.443. The summed E-state index contributed by atoms with van der Waals surface area (Å²) in [7, 11) is 3.38. The van der Waals surface area contributed by atoms with Crippen molar-refractivity contribution in [1.82, 2.24) is 9.80 Å². The highest BCUT2D eigenvalue weighted by atomic mass is 35.5. The Morgan fingerprint density at radius 3 is 2.25 bits per heavy atom. The lowest BCUT2D eigenvalue weighted by molar-refractivity contribution is -0.139. The number of alkyl halides is 1. The summed E-state index contributed by atoms with van der Waals surface area (Å²) in [6.45, 7) is 2.78. The molecule has 0 saturated carbocycles. The van der Waals surface area contributed by atoms with Crippen LogP contribution in [-0.4, -0.2) is 54.7 Å². The van der Waals surface area contributed by atoms with Crippen molar-refractivity contribution in [2.75, 3.05) is 33.1 Å². The second-order valence-corrected chi connectivity index (χ2v) is 4.27. The fraction of sp³-hybridized carbons (Fsp3) is 0.818. The van der Waals surface area contributed by atoms with E-state index in [2.05, 4.69) is 0 Å². The monoisotopic (exact) mass is 248 g/mol. The van der Waals surface area contributed by atoms with Gasteiger partial charge in [-0.1, -0.05) is 6.92 Å². The molecule has 0 atom stereocenters. The van der Waals surface area contributed by atoms with Gasteiger partial charge >= 0.3 is 0 Å². The lowest BCUT2D eigenvalue weighted by Gasteiger charge is -2.23. The molecular weight excluding hydrogens is 228 g/mol. The maximum Gasteiger partial charge on any atom is 0.241 e. The third kappa shape index (κ3) is 5.95. The first-order valence-corrected chi connectivity index (χ1v) is 6.10. The lowest BCUT2D eigenvalue weighted by Crippen LogP contribution is -2.40. The number of hydrogen-bond donors (Lipinski definition) is 0. The average molecular weight is 249 g/mol. The molecule has 0 rings (SSSR count). The number of halogens is 1. The fourth-order valence-corrected chi connectivity index (χ4v) is 1.38. The van der Waals surface area contributed by atoms with Crippen molar-refractivity contribution in [1.29, 1.82) is 0 Å². The Balaban J connectivity index is 4.25. The van der Waals surface area contributed by atoms with E-state index in [-0.39, 0.29) is 18.4 Å². The Morgan fingerprint density at radius 2 is 1.81 bits per heavy atom. The van der Waals surface area contributed by atoms with Crippen LogP contribution in [0, 0.1) is 0 Å². The van der Waals surface area contributed by atoms with Gasteiger partial charge in [-0.05, 0) is 12.8 Å². The molecule has 4 nitrogen and oxygen atoms in total. The van der Waals surface area contributed by atoms with Crippen LogP contribution < -0.4 is 0 Å². The number of nitrogens with zero attached hydrogens (tertiary/aromatic N) is 2. The van der Waals surface area contributed by atoms with Gasteiger partial charge < -0.3 is 9.80 Å². The van der Waals surface area contributed by atoms with Crippen molar-refractivity contribution < 1.29 is 9.59 Å². The van der Waals surface area contributed by atoms with Gasteiger partial charge in [0.25, 0.3) is 0 Å². The molecule has 0 aromatic heterocycles. The number of amides is 2. The zero-order chi connectivity index (χ0) is 12.6. The van der Waals surface area contributed by atoms with Crippen LogP contribution in [0.25, 0.3) is 0 Å². The van der Waals surface area contributed by atoms with Crippen molar-refractivity contribution in [3.05, 3.63) is 0 Å². The van der Waals surface area contributed by atoms with Gasteiger partial charge in [-0.25, -0.2) is 0 Å². The van der Waals surface area contributed by atoms with E-state index < -0.39 is 0 Å². The highest BCUT2D eigenvalue weighted by Gasteiger charge is 2.16. The van der Waals surface area contributed by atoms with E-state index in [1.165, 1.54) is 4.90 Å². The second-order valence-electron chi connectivity index (χ2n) is 3.90. The molecule has 0 aliphatic rings. The summed E-state index contributed by atoms with van der Waals surface area (Å²) < 4.78 is 0.